The summed E-state index contributed by atoms with van der Waals surface area (Å²) in [7, 11) is -0.243. The number of ether oxygens (including phenoxy) is 1. The van der Waals surface area contributed by atoms with Crippen LogP contribution in [0.2, 0.25) is 0 Å². The minimum Gasteiger partial charge on any atom is -0.437 e. The van der Waals surface area contributed by atoms with Gasteiger partial charge in [-0.15, -0.1) is 0 Å². The van der Waals surface area contributed by atoms with Crippen LogP contribution >= 0.6 is 0 Å². The Morgan fingerprint density at radius 1 is 1.12 bits per heavy atom. The predicted octanol–water partition coefficient (Wildman–Crippen LogP) is 2.25. The highest BCUT2D eigenvalue weighted by atomic mass is 32.2. The third-order valence-corrected chi connectivity index (χ3v) is 6.20. The maximum atomic E-state index is 12.2. The number of hydrogen-bond acceptors (Lipinski definition) is 5. The Morgan fingerprint density at radius 2 is 1.80 bits per heavy atom. The van der Waals surface area contributed by atoms with E-state index in [0.29, 0.717) is 24.7 Å². The fraction of sp³-hybridized carbons (Fsp3) is 0.412. The first-order valence-corrected chi connectivity index (χ1v) is 9.59. The Kier molecular flexibility index (Phi) is 5.31. The number of hydrogen-bond donors (Lipinski definition) is 0. The van der Waals surface area contributed by atoms with Gasteiger partial charge < -0.3 is 4.74 Å². The lowest BCUT2D eigenvalue weighted by Gasteiger charge is -2.32. The zero-order valence-corrected chi connectivity index (χ0v) is 15.2. The van der Waals surface area contributed by atoms with Crippen molar-refractivity contribution in [2.45, 2.75) is 18.8 Å². The van der Waals surface area contributed by atoms with E-state index in [2.05, 4.69) is 9.97 Å². The van der Waals surface area contributed by atoms with Crippen molar-refractivity contribution in [2.24, 2.45) is 0 Å². The summed E-state index contributed by atoms with van der Waals surface area (Å²) in [6.07, 6.45) is 4.76. The average molecular weight is 362 g/mol. The first-order valence-electron chi connectivity index (χ1n) is 8.19. The maximum absolute atomic E-state index is 12.2. The lowest BCUT2D eigenvalue weighted by Crippen LogP contribution is -2.44. The largest absolute Gasteiger partial charge is 0.437 e. The van der Waals surface area contributed by atoms with E-state index in [1.807, 2.05) is 30.3 Å². The molecule has 0 amide bonds. The third kappa shape index (κ3) is 4.15. The smallest absolute Gasteiger partial charge is 0.281 e. The lowest BCUT2D eigenvalue weighted by atomic mass is 9.95. The molecule has 8 heteroatoms. The van der Waals surface area contributed by atoms with Crippen LogP contribution in [0.25, 0.3) is 0 Å². The fourth-order valence-corrected chi connectivity index (χ4v) is 3.96. The van der Waals surface area contributed by atoms with Gasteiger partial charge in [0.1, 0.15) is 5.75 Å². The predicted molar refractivity (Wildman–Crippen MR) is 94.7 cm³/mol. The second-order valence-electron chi connectivity index (χ2n) is 6.16. The molecule has 0 radical (unpaired) electrons. The molecule has 1 fully saturated rings. The molecule has 1 aliphatic rings. The molecule has 2 heterocycles. The molecule has 0 atom stereocenters. The normalized spacial score (nSPS) is 16.9. The molecule has 0 unspecified atom stereocenters. The van der Waals surface area contributed by atoms with Crippen molar-refractivity contribution in [1.29, 1.82) is 0 Å². The van der Waals surface area contributed by atoms with Crippen LogP contribution in [-0.4, -0.2) is 54.2 Å². The van der Waals surface area contributed by atoms with Gasteiger partial charge in [0.15, 0.2) is 0 Å². The van der Waals surface area contributed by atoms with Crippen LogP contribution in [0.3, 0.4) is 0 Å². The molecule has 25 heavy (non-hydrogen) atoms. The molecule has 3 rings (SSSR count). The van der Waals surface area contributed by atoms with Crippen molar-refractivity contribution >= 4 is 10.2 Å². The summed E-state index contributed by atoms with van der Waals surface area (Å²) in [5, 5.41) is 0. The van der Waals surface area contributed by atoms with Crippen molar-refractivity contribution in [3.05, 3.63) is 48.4 Å². The van der Waals surface area contributed by atoms with Gasteiger partial charge in [-0.2, -0.15) is 17.0 Å². The Hall–Kier alpha value is -2.03. The number of nitrogens with zero attached hydrogens (tertiary/aromatic N) is 4. The van der Waals surface area contributed by atoms with E-state index < -0.39 is 10.2 Å². The van der Waals surface area contributed by atoms with Gasteiger partial charge in [0.2, 0.25) is 5.88 Å². The lowest BCUT2D eigenvalue weighted by molar-refractivity contribution is 0.298. The monoisotopic (exact) mass is 362 g/mol. The minimum atomic E-state index is -3.35. The van der Waals surface area contributed by atoms with Crippen LogP contribution in [-0.2, 0) is 10.2 Å². The Balaban J connectivity index is 1.67. The van der Waals surface area contributed by atoms with Crippen LogP contribution in [0.4, 0.5) is 0 Å². The number of rotatable bonds is 5. The first kappa shape index (κ1) is 17.8. The number of para-hydroxylation sites is 1. The van der Waals surface area contributed by atoms with E-state index >= 15 is 0 Å². The van der Waals surface area contributed by atoms with E-state index in [4.69, 9.17) is 4.74 Å². The van der Waals surface area contributed by atoms with E-state index in [1.165, 1.54) is 8.61 Å². The summed E-state index contributed by atoms with van der Waals surface area (Å²) in [5.74, 6) is 1.34. The summed E-state index contributed by atoms with van der Waals surface area (Å²) >= 11 is 0. The number of piperidine rings is 1. The van der Waals surface area contributed by atoms with Gasteiger partial charge in [-0.25, -0.2) is 4.98 Å². The molecule has 134 valence electrons. The van der Waals surface area contributed by atoms with E-state index in [9.17, 15) is 8.42 Å². The van der Waals surface area contributed by atoms with E-state index in [-0.39, 0.29) is 5.92 Å². The van der Waals surface area contributed by atoms with Gasteiger partial charge in [-0.1, -0.05) is 18.2 Å². The highest BCUT2D eigenvalue weighted by Crippen LogP contribution is 2.29. The Bertz CT molecular complexity index is 804. The SMILES string of the molecule is CN(C)S(=O)(=O)N1CCC(c2cncc(Oc3ccccc3)n2)CC1. The molecule has 0 saturated carbocycles. The van der Waals surface area contributed by atoms with Crippen LogP contribution < -0.4 is 4.74 Å². The van der Waals surface area contributed by atoms with Crippen molar-refractivity contribution < 1.29 is 13.2 Å². The molecule has 0 aliphatic carbocycles. The van der Waals surface area contributed by atoms with Crippen LogP contribution in [0.1, 0.15) is 24.5 Å². The number of benzene rings is 1. The summed E-state index contributed by atoms with van der Waals surface area (Å²) in [4.78, 5) is 8.78. The molecule has 0 spiro atoms. The van der Waals surface area contributed by atoms with Gasteiger partial charge >= 0.3 is 0 Å². The summed E-state index contributed by atoms with van der Waals surface area (Å²) in [6, 6.07) is 9.43. The third-order valence-electron chi connectivity index (χ3n) is 4.26. The van der Waals surface area contributed by atoms with E-state index in [1.54, 1.807) is 26.5 Å². The summed E-state index contributed by atoms with van der Waals surface area (Å²) in [6.45, 7) is 0.966. The van der Waals surface area contributed by atoms with Crippen molar-refractivity contribution in [3.63, 3.8) is 0 Å². The molecule has 1 aromatic heterocycles. The quantitative estimate of drug-likeness (QED) is 0.815. The molecular weight excluding hydrogens is 340 g/mol. The van der Waals surface area contributed by atoms with Crippen LogP contribution in [0, 0.1) is 0 Å². The average Bonchev–Trinajstić information content (AvgIpc) is 2.63. The molecule has 1 aromatic carbocycles. The van der Waals surface area contributed by atoms with Crippen molar-refractivity contribution in [3.8, 4) is 11.6 Å². The molecular formula is C17H22N4O3S. The summed E-state index contributed by atoms with van der Waals surface area (Å²) < 4.78 is 32.9. The first-order chi connectivity index (χ1) is 12.0. The van der Waals surface area contributed by atoms with E-state index in [0.717, 1.165) is 18.5 Å². The second kappa shape index (κ2) is 7.47. The zero-order chi connectivity index (χ0) is 17.9. The van der Waals surface area contributed by atoms with Crippen LogP contribution in [0.5, 0.6) is 11.6 Å². The number of aromatic nitrogens is 2. The summed E-state index contributed by atoms with van der Waals surface area (Å²) in [5.41, 5.74) is 0.843. The van der Waals surface area contributed by atoms with Gasteiger partial charge in [0, 0.05) is 39.3 Å². The zero-order valence-electron chi connectivity index (χ0n) is 14.4. The van der Waals surface area contributed by atoms with Gasteiger partial charge in [-0.3, -0.25) is 4.98 Å². The topological polar surface area (TPSA) is 75.6 Å². The molecule has 2 aromatic rings. The van der Waals surface area contributed by atoms with Gasteiger partial charge in [0.05, 0.1) is 11.9 Å². The highest BCUT2D eigenvalue weighted by Gasteiger charge is 2.30. The molecule has 1 saturated heterocycles. The van der Waals surface area contributed by atoms with Crippen molar-refractivity contribution in [2.75, 3.05) is 27.2 Å². The molecule has 7 nitrogen and oxygen atoms in total. The highest BCUT2D eigenvalue weighted by molar-refractivity contribution is 7.86. The van der Waals surface area contributed by atoms with Gasteiger partial charge in [0.25, 0.3) is 10.2 Å². The Labute approximate surface area is 148 Å². The van der Waals surface area contributed by atoms with Crippen molar-refractivity contribution in [1.82, 2.24) is 18.6 Å². The molecule has 0 N–H and O–H groups in total. The van der Waals surface area contributed by atoms with Gasteiger partial charge in [-0.05, 0) is 25.0 Å². The Morgan fingerprint density at radius 3 is 2.44 bits per heavy atom. The minimum absolute atomic E-state index is 0.181. The van der Waals surface area contributed by atoms with Crippen LogP contribution in [0.15, 0.2) is 42.7 Å². The standard InChI is InChI=1S/C17H22N4O3S/c1-20(2)25(22,23)21-10-8-14(9-11-21)16-12-18-13-17(19-16)24-15-6-4-3-5-7-15/h3-7,12-14H,8-11H2,1-2H3. The fourth-order valence-electron chi connectivity index (χ4n) is 2.83. The molecule has 1 aliphatic heterocycles. The maximum Gasteiger partial charge on any atom is 0.281 e. The second-order valence-corrected chi connectivity index (χ2v) is 8.30. The molecule has 0 bridgehead atoms.